The largest absolute Gasteiger partial charge is 0.468 e. The first-order valence-corrected chi connectivity index (χ1v) is 17.8. The van der Waals surface area contributed by atoms with Gasteiger partial charge in [-0.1, -0.05) is 149 Å². The smallest absolute Gasteiger partial charge is 0.325 e. The highest BCUT2D eigenvalue weighted by Crippen LogP contribution is 2.52. The van der Waals surface area contributed by atoms with Gasteiger partial charge in [0.05, 0.1) is 13.7 Å². The SMILES string of the molecule is C=Cc1ccc(C(CC(C)(CC)c2ccccc2)CC(CC(C)(C(=O)OC)C(=O)OC(C)OCCC)(c2ccccc2)c2ccccc2)cc1. The highest BCUT2D eigenvalue weighted by Gasteiger charge is 2.53. The van der Waals surface area contributed by atoms with Crippen molar-refractivity contribution in [2.24, 2.45) is 5.41 Å². The molecule has 0 saturated heterocycles. The average Bonchev–Trinajstić information content (AvgIpc) is 3.17. The van der Waals surface area contributed by atoms with Gasteiger partial charge in [-0.25, -0.2) is 0 Å². The summed E-state index contributed by atoms with van der Waals surface area (Å²) in [6, 6.07) is 39.8. The second kappa shape index (κ2) is 17.4. The third kappa shape index (κ3) is 8.81. The van der Waals surface area contributed by atoms with Crippen molar-refractivity contribution in [2.75, 3.05) is 13.7 Å². The molecule has 0 radical (unpaired) electrons. The monoisotopic (exact) mass is 674 g/mol. The maximum absolute atomic E-state index is 14.3. The van der Waals surface area contributed by atoms with Crippen LogP contribution in [0.5, 0.6) is 0 Å². The Morgan fingerprint density at radius 2 is 1.26 bits per heavy atom. The van der Waals surface area contributed by atoms with E-state index in [1.807, 2.05) is 49.4 Å². The molecule has 4 rings (SSSR count). The molecule has 0 N–H and O–H groups in total. The van der Waals surface area contributed by atoms with Crippen LogP contribution in [-0.4, -0.2) is 31.9 Å². The molecule has 0 aliphatic heterocycles. The van der Waals surface area contributed by atoms with E-state index in [1.165, 1.54) is 18.2 Å². The Labute approximate surface area is 299 Å². The minimum atomic E-state index is -1.66. The van der Waals surface area contributed by atoms with Crippen molar-refractivity contribution in [3.63, 3.8) is 0 Å². The van der Waals surface area contributed by atoms with E-state index < -0.39 is 29.1 Å². The van der Waals surface area contributed by atoms with Gasteiger partial charge in [-0.05, 0) is 85.1 Å². The minimum Gasteiger partial charge on any atom is -0.468 e. The highest BCUT2D eigenvalue weighted by atomic mass is 16.7. The van der Waals surface area contributed by atoms with E-state index in [1.54, 1.807) is 13.8 Å². The zero-order valence-electron chi connectivity index (χ0n) is 30.7. The number of hydrogen-bond acceptors (Lipinski definition) is 5. The van der Waals surface area contributed by atoms with Gasteiger partial charge in [0.25, 0.3) is 0 Å². The van der Waals surface area contributed by atoms with Crippen molar-refractivity contribution in [3.05, 3.63) is 150 Å². The van der Waals surface area contributed by atoms with Crippen LogP contribution < -0.4 is 0 Å². The fourth-order valence-electron chi connectivity index (χ4n) is 7.33. The Hall–Kier alpha value is -4.48. The summed E-state index contributed by atoms with van der Waals surface area (Å²) in [4.78, 5) is 28.2. The van der Waals surface area contributed by atoms with E-state index >= 15 is 0 Å². The summed E-state index contributed by atoms with van der Waals surface area (Å²) in [6.45, 7) is 14.3. The van der Waals surface area contributed by atoms with Gasteiger partial charge in [0.15, 0.2) is 11.7 Å². The van der Waals surface area contributed by atoms with Gasteiger partial charge in [-0.2, -0.15) is 0 Å². The summed E-state index contributed by atoms with van der Waals surface area (Å²) >= 11 is 0. The lowest BCUT2D eigenvalue weighted by molar-refractivity contribution is -0.192. The molecule has 0 amide bonds. The van der Waals surface area contributed by atoms with Crippen LogP contribution in [0.2, 0.25) is 0 Å². The van der Waals surface area contributed by atoms with Crippen LogP contribution in [0.1, 0.15) is 100 Å². The maximum Gasteiger partial charge on any atom is 0.325 e. The van der Waals surface area contributed by atoms with Crippen LogP contribution in [0.15, 0.2) is 122 Å². The number of carbonyl (C=O) groups is 2. The zero-order chi connectivity index (χ0) is 36.2. The molecule has 0 spiro atoms. The molecular weight excluding hydrogens is 620 g/mol. The Kier molecular flexibility index (Phi) is 13.4. The molecule has 0 aromatic heterocycles. The maximum atomic E-state index is 14.3. The van der Waals surface area contributed by atoms with Gasteiger partial charge >= 0.3 is 11.9 Å². The van der Waals surface area contributed by atoms with Crippen LogP contribution >= 0.6 is 0 Å². The van der Waals surface area contributed by atoms with Crippen molar-refractivity contribution >= 4 is 18.0 Å². The molecule has 4 aromatic carbocycles. The predicted octanol–water partition coefficient (Wildman–Crippen LogP) is 10.4. The Morgan fingerprint density at radius 1 is 0.740 bits per heavy atom. The molecule has 4 atom stereocenters. The number of methoxy groups -OCH3 is 1. The lowest BCUT2D eigenvalue weighted by atomic mass is 9.59. The van der Waals surface area contributed by atoms with E-state index in [4.69, 9.17) is 14.2 Å². The molecule has 0 heterocycles. The first-order valence-electron chi connectivity index (χ1n) is 17.8. The summed E-state index contributed by atoms with van der Waals surface area (Å²) in [6.07, 6.45) is 4.31. The molecule has 50 heavy (non-hydrogen) atoms. The summed E-state index contributed by atoms with van der Waals surface area (Å²) < 4.78 is 17.0. The fraction of sp³-hybridized carbons (Fsp3) is 0.378. The number of carbonyl (C=O) groups excluding carboxylic acids is 2. The molecule has 0 saturated carbocycles. The molecule has 264 valence electrons. The molecule has 0 aliphatic rings. The van der Waals surface area contributed by atoms with Crippen molar-refractivity contribution in [2.45, 2.75) is 89.8 Å². The topological polar surface area (TPSA) is 61.8 Å². The molecule has 0 bridgehead atoms. The average molecular weight is 675 g/mol. The quantitative estimate of drug-likeness (QED) is 0.0597. The summed E-state index contributed by atoms with van der Waals surface area (Å²) in [5.41, 5.74) is 2.91. The lowest BCUT2D eigenvalue weighted by Crippen LogP contribution is -2.47. The van der Waals surface area contributed by atoms with Crippen LogP contribution in [0.25, 0.3) is 6.08 Å². The van der Waals surface area contributed by atoms with Crippen molar-refractivity contribution in [1.29, 1.82) is 0 Å². The second-order valence-corrected chi connectivity index (χ2v) is 13.9. The molecule has 0 fully saturated rings. The Morgan fingerprint density at radius 3 is 1.72 bits per heavy atom. The second-order valence-electron chi connectivity index (χ2n) is 13.9. The van der Waals surface area contributed by atoms with Crippen LogP contribution in [-0.2, 0) is 34.6 Å². The van der Waals surface area contributed by atoms with Crippen LogP contribution in [0.3, 0.4) is 0 Å². The first-order chi connectivity index (χ1) is 24.0. The van der Waals surface area contributed by atoms with Crippen molar-refractivity contribution in [1.82, 2.24) is 0 Å². The molecule has 4 unspecified atom stereocenters. The van der Waals surface area contributed by atoms with Gasteiger partial charge in [0.1, 0.15) is 0 Å². The van der Waals surface area contributed by atoms with E-state index in [9.17, 15) is 9.59 Å². The van der Waals surface area contributed by atoms with Gasteiger partial charge in [-0.15, -0.1) is 0 Å². The van der Waals surface area contributed by atoms with E-state index in [0.29, 0.717) is 13.0 Å². The zero-order valence-corrected chi connectivity index (χ0v) is 30.7. The van der Waals surface area contributed by atoms with Crippen LogP contribution in [0.4, 0.5) is 0 Å². The molecule has 0 aliphatic carbocycles. The van der Waals surface area contributed by atoms with Crippen LogP contribution in [0, 0.1) is 5.41 Å². The third-order valence-electron chi connectivity index (χ3n) is 10.4. The normalized spacial score (nSPS) is 15.2. The Bertz CT molecular complexity index is 1610. The summed E-state index contributed by atoms with van der Waals surface area (Å²) in [5.74, 6) is -1.29. The number of rotatable bonds is 18. The van der Waals surface area contributed by atoms with Gasteiger partial charge in [0.2, 0.25) is 0 Å². The first kappa shape index (κ1) is 38.3. The van der Waals surface area contributed by atoms with E-state index in [0.717, 1.165) is 36.0 Å². The minimum absolute atomic E-state index is 0.0177. The molecule has 5 nitrogen and oxygen atoms in total. The molecule has 5 heteroatoms. The fourth-order valence-corrected chi connectivity index (χ4v) is 7.33. The third-order valence-corrected chi connectivity index (χ3v) is 10.4. The van der Waals surface area contributed by atoms with Gasteiger partial charge < -0.3 is 14.2 Å². The summed E-state index contributed by atoms with van der Waals surface area (Å²) in [5, 5.41) is 0. The van der Waals surface area contributed by atoms with Crippen molar-refractivity contribution < 1.29 is 23.8 Å². The number of benzene rings is 4. The lowest BCUT2D eigenvalue weighted by Gasteiger charge is -2.44. The standard InChI is InChI=1S/C45H54O5/c1-8-30-49-34(4)50-42(47)44(6,41(46)48-7)33-45(39-22-16-12-17-23-39,40-24-18-13-19-25-40)32-37(36-28-26-35(9-2)27-29-36)31-43(5,10-3)38-20-14-11-15-21-38/h9,11-29,34,37H,2,8,10,30-33H2,1,3-7H3. The number of ether oxygens (including phenoxy) is 3. The predicted molar refractivity (Wildman–Crippen MR) is 203 cm³/mol. The van der Waals surface area contributed by atoms with E-state index in [-0.39, 0.29) is 17.8 Å². The Balaban J connectivity index is 1.97. The van der Waals surface area contributed by atoms with Gasteiger partial charge in [0, 0.05) is 5.41 Å². The molecule has 4 aromatic rings. The van der Waals surface area contributed by atoms with Gasteiger partial charge in [-0.3, -0.25) is 9.59 Å². The van der Waals surface area contributed by atoms with E-state index in [2.05, 4.69) is 99.3 Å². The highest BCUT2D eigenvalue weighted by molar-refractivity contribution is 6.00. The summed E-state index contributed by atoms with van der Waals surface area (Å²) in [7, 11) is 1.33. The molecular formula is C45H54O5. The number of esters is 2. The van der Waals surface area contributed by atoms with Crippen molar-refractivity contribution in [3.8, 4) is 0 Å². The number of hydrogen-bond donors (Lipinski definition) is 0.